The molecule has 0 bridgehead atoms. The van der Waals surface area contributed by atoms with Crippen molar-refractivity contribution in [2.75, 3.05) is 0 Å². The van der Waals surface area contributed by atoms with Gasteiger partial charge in [0.05, 0.1) is 0 Å². The van der Waals surface area contributed by atoms with Gasteiger partial charge in [-0.3, -0.25) is 0 Å². The highest BCUT2D eigenvalue weighted by Crippen LogP contribution is 2.27. The van der Waals surface area contributed by atoms with Crippen molar-refractivity contribution in [2.45, 2.75) is 19.4 Å². The summed E-state index contributed by atoms with van der Waals surface area (Å²) in [6.45, 7) is 2.08. The molecule has 17 heavy (non-hydrogen) atoms. The Balaban J connectivity index is 2.47. The van der Waals surface area contributed by atoms with Crippen LogP contribution in [0.4, 0.5) is 0 Å². The van der Waals surface area contributed by atoms with E-state index < -0.39 is 0 Å². The summed E-state index contributed by atoms with van der Waals surface area (Å²) in [4.78, 5) is 0. The average Bonchev–Trinajstić information content (AvgIpc) is 2.68. The van der Waals surface area contributed by atoms with Gasteiger partial charge in [-0.1, -0.05) is 30.3 Å². The summed E-state index contributed by atoms with van der Waals surface area (Å²) in [6, 6.07) is 8.27. The highest BCUT2D eigenvalue weighted by atomic mass is 79.9. The molecule has 0 fully saturated rings. The SMILES string of the molecule is CCC(N)c1cccc(-c2c(Br)nnn2C)c1. The first kappa shape index (κ1) is 12.3. The molecular weight excluding hydrogens is 280 g/mol. The van der Waals surface area contributed by atoms with Crippen molar-refractivity contribution in [3.63, 3.8) is 0 Å². The van der Waals surface area contributed by atoms with E-state index in [2.05, 4.69) is 45.3 Å². The van der Waals surface area contributed by atoms with E-state index in [1.807, 2.05) is 19.2 Å². The van der Waals surface area contributed by atoms with E-state index in [1.165, 1.54) is 0 Å². The second-order valence-corrected chi connectivity index (χ2v) is 4.74. The molecule has 2 rings (SSSR count). The normalized spacial score (nSPS) is 12.7. The van der Waals surface area contributed by atoms with E-state index in [4.69, 9.17) is 5.73 Å². The second-order valence-electron chi connectivity index (χ2n) is 3.99. The Morgan fingerprint density at radius 1 is 1.47 bits per heavy atom. The Labute approximate surface area is 109 Å². The van der Waals surface area contributed by atoms with Crippen molar-refractivity contribution in [2.24, 2.45) is 12.8 Å². The first-order valence-corrected chi connectivity index (χ1v) is 6.34. The van der Waals surface area contributed by atoms with E-state index in [0.29, 0.717) is 0 Å². The Bertz CT molecular complexity index is 501. The topological polar surface area (TPSA) is 56.7 Å². The third-order valence-corrected chi connectivity index (χ3v) is 3.35. The number of nitrogens with two attached hydrogens (primary N) is 1. The number of hydrogen-bond donors (Lipinski definition) is 1. The molecule has 4 nitrogen and oxygen atoms in total. The minimum absolute atomic E-state index is 0.0786. The average molecular weight is 295 g/mol. The third-order valence-electron chi connectivity index (χ3n) is 2.81. The van der Waals surface area contributed by atoms with Crippen LogP contribution < -0.4 is 5.73 Å². The quantitative estimate of drug-likeness (QED) is 0.947. The van der Waals surface area contributed by atoms with Crippen LogP contribution in [0.5, 0.6) is 0 Å². The summed E-state index contributed by atoms with van der Waals surface area (Å²) in [5.41, 5.74) is 9.22. The van der Waals surface area contributed by atoms with Crippen molar-refractivity contribution in [1.29, 1.82) is 0 Å². The van der Waals surface area contributed by atoms with Gasteiger partial charge in [0.15, 0.2) is 4.60 Å². The van der Waals surface area contributed by atoms with Crippen molar-refractivity contribution in [1.82, 2.24) is 15.0 Å². The molecule has 0 saturated heterocycles. The zero-order chi connectivity index (χ0) is 12.4. The number of aryl methyl sites for hydroxylation is 1. The zero-order valence-electron chi connectivity index (χ0n) is 9.89. The molecule has 0 aliphatic carbocycles. The Kier molecular flexibility index (Phi) is 3.59. The van der Waals surface area contributed by atoms with E-state index in [9.17, 15) is 0 Å². The summed E-state index contributed by atoms with van der Waals surface area (Å²) < 4.78 is 2.50. The molecular formula is C12H15BrN4. The van der Waals surface area contributed by atoms with Crippen LogP contribution in [0.15, 0.2) is 28.9 Å². The lowest BCUT2D eigenvalue weighted by Gasteiger charge is -2.11. The van der Waals surface area contributed by atoms with Gasteiger partial charge < -0.3 is 5.73 Å². The van der Waals surface area contributed by atoms with Crippen LogP contribution in [0.25, 0.3) is 11.3 Å². The molecule has 1 aromatic carbocycles. The first-order chi connectivity index (χ1) is 8.13. The van der Waals surface area contributed by atoms with Crippen LogP contribution in [0.3, 0.4) is 0 Å². The van der Waals surface area contributed by atoms with Gasteiger partial charge in [0.2, 0.25) is 0 Å². The number of aromatic nitrogens is 3. The molecule has 2 aromatic rings. The Hall–Kier alpha value is -1.20. The molecule has 2 N–H and O–H groups in total. The van der Waals surface area contributed by atoms with Crippen molar-refractivity contribution in [3.8, 4) is 11.3 Å². The molecule has 90 valence electrons. The van der Waals surface area contributed by atoms with Crippen LogP contribution in [-0.4, -0.2) is 15.0 Å². The van der Waals surface area contributed by atoms with Gasteiger partial charge in [-0.25, -0.2) is 4.68 Å². The highest BCUT2D eigenvalue weighted by Gasteiger charge is 2.12. The monoisotopic (exact) mass is 294 g/mol. The van der Waals surface area contributed by atoms with E-state index in [0.717, 1.165) is 27.8 Å². The van der Waals surface area contributed by atoms with Gasteiger partial charge in [0.25, 0.3) is 0 Å². The van der Waals surface area contributed by atoms with Crippen molar-refractivity contribution >= 4 is 15.9 Å². The fourth-order valence-corrected chi connectivity index (χ4v) is 2.35. The number of benzene rings is 1. The summed E-state index contributed by atoms with van der Waals surface area (Å²) in [6.07, 6.45) is 0.925. The predicted molar refractivity (Wildman–Crippen MR) is 71.4 cm³/mol. The number of halogens is 1. The summed E-state index contributed by atoms with van der Waals surface area (Å²) in [5.74, 6) is 0. The third kappa shape index (κ3) is 2.40. The minimum atomic E-state index is 0.0786. The predicted octanol–water partition coefficient (Wildman–Crippen LogP) is 2.65. The van der Waals surface area contributed by atoms with Crippen molar-refractivity contribution in [3.05, 3.63) is 34.4 Å². The first-order valence-electron chi connectivity index (χ1n) is 5.54. The van der Waals surface area contributed by atoms with Gasteiger partial charge in [-0.15, -0.1) is 5.10 Å². The van der Waals surface area contributed by atoms with Crippen molar-refractivity contribution < 1.29 is 0 Å². The Morgan fingerprint density at radius 3 is 2.82 bits per heavy atom. The second kappa shape index (κ2) is 4.98. The molecule has 5 heteroatoms. The lowest BCUT2D eigenvalue weighted by atomic mass is 10.0. The number of hydrogen-bond acceptors (Lipinski definition) is 3. The highest BCUT2D eigenvalue weighted by molar-refractivity contribution is 9.10. The van der Waals surface area contributed by atoms with Crippen LogP contribution in [-0.2, 0) is 7.05 Å². The smallest absolute Gasteiger partial charge is 0.156 e. The fourth-order valence-electron chi connectivity index (χ4n) is 1.79. The fraction of sp³-hybridized carbons (Fsp3) is 0.333. The van der Waals surface area contributed by atoms with Gasteiger partial charge in [-0.2, -0.15) is 0 Å². The Morgan fingerprint density at radius 2 is 2.24 bits per heavy atom. The van der Waals surface area contributed by atoms with Crippen LogP contribution in [0, 0.1) is 0 Å². The molecule has 0 aliphatic heterocycles. The molecule has 1 unspecified atom stereocenters. The standard InChI is InChI=1S/C12H15BrN4/c1-3-10(14)8-5-4-6-9(7-8)11-12(13)15-16-17(11)2/h4-7,10H,3,14H2,1-2H3. The molecule has 0 spiro atoms. The zero-order valence-corrected chi connectivity index (χ0v) is 11.5. The number of rotatable bonds is 3. The maximum absolute atomic E-state index is 6.04. The molecule has 0 amide bonds. The summed E-state index contributed by atoms with van der Waals surface area (Å²) in [7, 11) is 1.87. The molecule has 1 atom stereocenters. The molecule has 1 aromatic heterocycles. The lowest BCUT2D eigenvalue weighted by Crippen LogP contribution is -2.08. The maximum Gasteiger partial charge on any atom is 0.156 e. The van der Waals surface area contributed by atoms with Gasteiger partial charge in [0.1, 0.15) is 5.69 Å². The summed E-state index contributed by atoms with van der Waals surface area (Å²) >= 11 is 3.41. The van der Waals surface area contributed by atoms with Gasteiger partial charge >= 0.3 is 0 Å². The van der Waals surface area contributed by atoms with Gasteiger partial charge in [0, 0.05) is 18.7 Å². The van der Waals surface area contributed by atoms with E-state index in [-0.39, 0.29) is 6.04 Å². The molecule has 0 saturated carbocycles. The number of nitrogens with zero attached hydrogens (tertiary/aromatic N) is 3. The van der Waals surface area contributed by atoms with Gasteiger partial charge in [-0.05, 0) is 34.0 Å². The maximum atomic E-state index is 6.04. The van der Waals surface area contributed by atoms with E-state index in [1.54, 1.807) is 4.68 Å². The van der Waals surface area contributed by atoms with Crippen LogP contribution >= 0.6 is 15.9 Å². The molecule has 0 aliphatic rings. The molecule has 1 heterocycles. The summed E-state index contributed by atoms with van der Waals surface area (Å²) in [5, 5.41) is 7.96. The molecule has 0 radical (unpaired) electrons. The lowest BCUT2D eigenvalue weighted by molar-refractivity contribution is 0.698. The van der Waals surface area contributed by atoms with Crippen LogP contribution in [0.1, 0.15) is 24.9 Å². The minimum Gasteiger partial charge on any atom is -0.324 e. The van der Waals surface area contributed by atoms with E-state index >= 15 is 0 Å². The largest absolute Gasteiger partial charge is 0.324 e. The van der Waals surface area contributed by atoms with Crippen LogP contribution in [0.2, 0.25) is 0 Å².